The van der Waals surface area contributed by atoms with Crippen LogP contribution in [0.5, 0.6) is 5.75 Å². The summed E-state index contributed by atoms with van der Waals surface area (Å²) < 4.78 is 18.0. The van der Waals surface area contributed by atoms with Crippen molar-refractivity contribution in [2.24, 2.45) is 0 Å². The summed E-state index contributed by atoms with van der Waals surface area (Å²) in [4.78, 5) is 23.3. The lowest BCUT2D eigenvalue weighted by Crippen LogP contribution is -2.30. The summed E-state index contributed by atoms with van der Waals surface area (Å²) in [6.07, 6.45) is 0.432. The third-order valence-electron chi connectivity index (χ3n) is 3.79. The molecule has 0 radical (unpaired) electrons. The van der Waals surface area contributed by atoms with E-state index in [-0.39, 0.29) is 24.6 Å². The maximum absolute atomic E-state index is 12.9. The average molecular weight is 345 g/mol. The molecule has 2 N–H and O–H groups in total. The van der Waals surface area contributed by atoms with Crippen LogP contribution in [0.3, 0.4) is 0 Å². The first-order valence-corrected chi connectivity index (χ1v) is 7.87. The topological polar surface area (TPSA) is 75.6 Å². The van der Waals surface area contributed by atoms with E-state index in [0.29, 0.717) is 17.7 Å². The third-order valence-corrected chi connectivity index (χ3v) is 3.79. The van der Waals surface area contributed by atoms with Crippen LogP contribution in [0.4, 0.5) is 4.39 Å². The molecule has 0 aliphatic heterocycles. The molecule has 0 saturated heterocycles. The number of carbonyl (C=O) groups excluding carboxylic acids is 1. The fourth-order valence-electron chi connectivity index (χ4n) is 2.44. The predicted molar refractivity (Wildman–Crippen MR) is 90.9 cm³/mol. The lowest BCUT2D eigenvalue weighted by Gasteiger charge is -2.18. The zero-order valence-electron chi connectivity index (χ0n) is 13.9. The number of rotatable bonds is 8. The Hall–Kier alpha value is -2.89. The molecule has 0 heterocycles. The quantitative estimate of drug-likeness (QED) is 0.771. The number of hydrogen-bond acceptors (Lipinski definition) is 3. The van der Waals surface area contributed by atoms with Crippen molar-refractivity contribution in [1.82, 2.24) is 5.32 Å². The Kier molecular flexibility index (Phi) is 6.51. The molecule has 0 aliphatic rings. The van der Waals surface area contributed by atoms with Crippen LogP contribution >= 0.6 is 0 Å². The normalized spacial score (nSPS) is 11.6. The van der Waals surface area contributed by atoms with E-state index in [4.69, 9.17) is 9.84 Å². The molecule has 132 valence electrons. The number of methoxy groups -OCH3 is 1. The molecule has 1 atom stereocenters. The van der Waals surface area contributed by atoms with Crippen LogP contribution in [0.2, 0.25) is 0 Å². The molecule has 0 saturated carbocycles. The zero-order chi connectivity index (χ0) is 18.2. The van der Waals surface area contributed by atoms with Gasteiger partial charge >= 0.3 is 5.97 Å². The van der Waals surface area contributed by atoms with E-state index in [9.17, 15) is 14.0 Å². The molecule has 2 aromatic rings. The number of amides is 1. The van der Waals surface area contributed by atoms with Gasteiger partial charge < -0.3 is 15.2 Å². The molecule has 1 amide bonds. The second kappa shape index (κ2) is 8.82. The van der Waals surface area contributed by atoms with Crippen molar-refractivity contribution in [2.75, 3.05) is 7.11 Å². The molecule has 5 nitrogen and oxygen atoms in total. The molecule has 6 heteroatoms. The standard InChI is InChI=1S/C19H20FNO4/c1-25-16-9-5-14(6-10-16)17(12-19(23)24)21-18(22)11-4-13-2-7-15(20)8-3-13/h2-3,5-10,17H,4,11-12H2,1H3,(H,21,22)(H,23,24)/t17-/m1/s1. The first kappa shape index (κ1) is 18.4. The van der Waals surface area contributed by atoms with Crippen molar-refractivity contribution < 1.29 is 23.8 Å². The minimum absolute atomic E-state index is 0.192. The zero-order valence-corrected chi connectivity index (χ0v) is 13.9. The smallest absolute Gasteiger partial charge is 0.305 e. The SMILES string of the molecule is COc1ccc([C@@H](CC(=O)O)NC(=O)CCc2ccc(F)cc2)cc1. The van der Waals surface area contributed by atoms with Gasteiger partial charge in [-0.2, -0.15) is 0 Å². The highest BCUT2D eigenvalue weighted by atomic mass is 19.1. The van der Waals surface area contributed by atoms with Gasteiger partial charge in [-0.3, -0.25) is 9.59 Å². The molecule has 2 aromatic carbocycles. The minimum atomic E-state index is -1.00. The minimum Gasteiger partial charge on any atom is -0.497 e. The molecule has 0 unspecified atom stereocenters. The number of aliphatic carboxylic acids is 1. The molecule has 0 spiro atoms. The van der Waals surface area contributed by atoms with Crippen molar-refractivity contribution in [1.29, 1.82) is 0 Å². The Bertz CT molecular complexity index is 713. The Morgan fingerprint density at radius 3 is 2.32 bits per heavy atom. The second-order valence-electron chi connectivity index (χ2n) is 5.62. The molecule has 0 aromatic heterocycles. The molecule has 0 bridgehead atoms. The van der Waals surface area contributed by atoms with Gasteiger partial charge in [-0.15, -0.1) is 0 Å². The van der Waals surface area contributed by atoms with E-state index in [1.54, 1.807) is 43.5 Å². The van der Waals surface area contributed by atoms with Crippen molar-refractivity contribution in [3.63, 3.8) is 0 Å². The van der Waals surface area contributed by atoms with Crippen LogP contribution in [-0.2, 0) is 16.0 Å². The molecule has 0 fully saturated rings. The van der Waals surface area contributed by atoms with Gasteiger partial charge in [0.1, 0.15) is 11.6 Å². The van der Waals surface area contributed by atoms with Crippen LogP contribution < -0.4 is 10.1 Å². The van der Waals surface area contributed by atoms with Crippen molar-refractivity contribution in [2.45, 2.75) is 25.3 Å². The van der Waals surface area contributed by atoms with Crippen LogP contribution in [-0.4, -0.2) is 24.1 Å². The van der Waals surface area contributed by atoms with Gasteiger partial charge in [0.25, 0.3) is 0 Å². The van der Waals surface area contributed by atoms with E-state index in [1.165, 1.54) is 12.1 Å². The largest absolute Gasteiger partial charge is 0.497 e. The molecule has 25 heavy (non-hydrogen) atoms. The van der Waals surface area contributed by atoms with Gasteiger partial charge in [-0.05, 0) is 41.8 Å². The van der Waals surface area contributed by atoms with Gasteiger partial charge in [-0.1, -0.05) is 24.3 Å². The van der Waals surface area contributed by atoms with E-state index in [0.717, 1.165) is 5.56 Å². The van der Waals surface area contributed by atoms with Crippen LogP contribution in [0.25, 0.3) is 0 Å². The first-order valence-electron chi connectivity index (χ1n) is 7.87. The highest BCUT2D eigenvalue weighted by Gasteiger charge is 2.18. The summed E-state index contributed by atoms with van der Waals surface area (Å²) in [6, 6.07) is 12.2. The lowest BCUT2D eigenvalue weighted by molar-refractivity contribution is -0.137. The summed E-state index contributed by atoms with van der Waals surface area (Å²) in [5.41, 5.74) is 1.54. The van der Waals surface area contributed by atoms with Crippen LogP contribution in [0.15, 0.2) is 48.5 Å². The highest BCUT2D eigenvalue weighted by Crippen LogP contribution is 2.20. The van der Waals surface area contributed by atoms with Crippen molar-refractivity contribution in [3.8, 4) is 5.75 Å². The lowest BCUT2D eigenvalue weighted by atomic mass is 10.0. The van der Waals surface area contributed by atoms with Crippen LogP contribution in [0, 0.1) is 5.82 Å². The Balaban J connectivity index is 1.98. The molecular formula is C19H20FNO4. The van der Waals surface area contributed by atoms with Gasteiger partial charge in [0.2, 0.25) is 5.91 Å². The average Bonchev–Trinajstić information content (AvgIpc) is 2.60. The summed E-state index contributed by atoms with van der Waals surface area (Å²) in [5.74, 6) is -0.930. The van der Waals surface area contributed by atoms with E-state index >= 15 is 0 Å². The molecule has 2 rings (SSSR count). The van der Waals surface area contributed by atoms with Crippen molar-refractivity contribution >= 4 is 11.9 Å². The number of carbonyl (C=O) groups is 2. The number of aryl methyl sites for hydroxylation is 1. The Morgan fingerprint density at radius 1 is 1.12 bits per heavy atom. The van der Waals surface area contributed by atoms with Gasteiger partial charge in [0.15, 0.2) is 0 Å². The number of carboxylic acid groups (broad SMARTS) is 1. The summed E-state index contributed by atoms with van der Waals surface area (Å²) in [7, 11) is 1.54. The van der Waals surface area contributed by atoms with Crippen LogP contribution in [0.1, 0.15) is 30.0 Å². The maximum atomic E-state index is 12.9. The number of carboxylic acids is 1. The third kappa shape index (κ3) is 5.91. The summed E-state index contributed by atoms with van der Waals surface area (Å²) in [6.45, 7) is 0. The van der Waals surface area contributed by atoms with E-state index in [2.05, 4.69) is 5.32 Å². The van der Waals surface area contributed by atoms with Gasteiger partial charge in [0.05, 0.1) is 19.6 Å². The first-order chi connectivity index (χ1) is 12.0. The van der Waals surface area contributed by atoms with Crippen molar-refractivity contribution in [3.05, 3.63) is 65.5 Å². The predicted octanol–water partition coefficient (Wildman–Crippen LogP) is 3.10. The number of nitrogens with one attached hydrogen (secondary N) is 1. The monoisotopic (exact) mass is 345 g/mol. The van der Waals surface area contributed by atoms with Gasteiger partial charge in [-0.25, -0.2) is 4.39 Å². The summed E-state index contributed by atoms with van der Waals surface area (Å²) in [5, 5.41) is 11.8. The fourth-order valence-corrected chi connectivity index (χ4v) is 2.44. The Labute approximate surface area is 145 Å². The second-order valence-corrected chi connectivity index (χ2v) is 5.62. The van der Waals surface area contributed by atoms with Gasteiger partial charge in [0, 0.05) is 6.42 Å². The highest BCUT2D eigenvalue weighted by molar-refractivity contribution is 5.78. The fraction of sp³-hybridized carbons (Fsp3) is 0.263. The number of halogens is 1. The Morgan fingerprint density at radius 2 is 1.76 bits per heavy atom. The number of ether oxygens (including phenoxy) is 1. The summed E-state index contributed by atoms with van der Waals surface area (Å²) >= 11 is 0. The number of benzene rings is 2. The van der Waals surface area contributed by atoms with E-state index < -0.39 is 12.0 Å². The number of hydrogen-bond donors (Lipinski definition) is 2. The van der Waals surface area contributed by atoms with E-state index in [1.807, 2.05) is 0 Å². The molecular weight excluding hydrogens is 325 g/mol. The maximum Gasteiger partial charge on any atom is 0.305 e. The molecule has 0 aliphatic carbocycles.